The predicted molar refractivity (Wildman–Crippen MR) is 108 cm³/mol. The van der Waals surface area contributed by atoms with E-state index in [1.165, 1.54) is 0 Å². The summed E-state index contributed by atoms with van der Waals surface area (Å²) in [6, 6.07) is 8.85. The number of piperazine rings is 1. The summed E-state index contributed by atoms with van der Waals surface area (Å²) in [5.41, 5.74) is -0.307. The highest BCUT2D eigenvalue weighted by atomic mass is 35.5. The summed E-state index contributed by atoms with van der Waals surface area (Å²) in [6.07, 6.45) is -3.72. The van der Waals surface area contributed by atoms with E-state index in [0.29, 0.717) is 17.9 Å². The second kappa shape index (κ2) is 10.1. The number of amides is 1. The van der Waals surface area contributed by atoms with Crippen molar-refractivity contribution < 1.29 is 22.7 Å². The molecule has 0 radical (unpaired) electrons. The number of carbonyl (C=O) groups excluding carboxylic acids is 1. The summed E-state index contributed by atoms with van der Waals surface area (Å²) in [6.45, 7) is 5.43. The van der Waals surface area contributed by atoms with Crippen LogP contribution in [0.3, 0.4) is 0 Å². The molecule has 1 fully saturated rings. The Balaban J connectivity index is 0.00000210. The minimum absolute atomic E-state index is 0. The van der Waals surface area contributed by atoms with Crippen LogP contribution in [0.2, 0.25) is 0 Å². The lowest BCUT2D eigenvalue weighted by atomic mass is 10.1. The molecule has 1 saturated heterocycles. The van der Waals surface area contributed by atoms with Crippen molar-refractivity contribution in [2.45, 2.75) is 32.1 Å². The van der Waals surface area contributed by atoms with Crippen LogP contribution in [0.15, 0.2) is 42.6 Å². The molecule has 2 aromatic rings. The average molecular weight is 452 g/mol. The van der Waals surface area contributed by atoms with Gasteiger partial charge in [0, 0.05) is 43.0 Å². The standard InChI is InChI=1S/C19H20F3N3O2.2ClH/c1-12-13(2)25(10-9-23-12)18(26)14-3-6-16(7-4-14)27-17-8-5-15(11-24-17)19(20,21)22;;/h3-8,11-13,23H,9-10H2,1-2H3;2*1H. The van der Waals surface area contributed by atoms with Gasteiger partial charge in [0.2, 0.25) is 5.88 Å². The van der Waals surface area contributed by atoms with Gasteiger partial charge in [-0.2, -0.15) is 13.2 Å². The third-order valence-corrected chi connectivity index (χ3v) is 4.68. The van der Waals surface area contributed by atoms with Gasteiger partial charge in [-0.3, -0.25) is 4.79 Å². The molecule has 2 unspecified atom stereocenters. The third kappa shape index (κ3) is 5.98. The Labute approximate surface area is 179 Å². The Morgan fingerprint density at radius 3 is 2.34 bits per heavy atom. The molecule has 1 aliphatic rings. The van der Waals surface area contributed by atoms with Crippen LogP contribution in [0.5, 0.6) is 11.6 Å². The minimum atomic E-state index is -4.44. The van der Waals surface area contributed by atoms with Crippen molar-refractivity contribution in [1.29, 1.82) is 0 Å². The first-order valence-electron chi connectivity index (χ1n) is 8.61. The number of alkyl halides is 3. The fourth-order valence-electron chi connectivity index (χ4n) is 2.90. The second-order valence-electron chi connectivity index (χ2n) is 6.49. The van der Waals surface area contributed by atoms with Crippen molar-refractivity contribution in [2.24, 2.45) is 0 Å². The van der Waals surface area contributed by atoms with Crippen molar-refractivity contribution >= 4 is 30.7 Å². The Morgan fingerprint density at radius 2 is 1.79 bits per heavy atom. The van der Waals surface area contributed by atoms with Crippen LogP contribution >= 0.6 is 24.8 Å². The minimum Gasteiger partial charge on any atom is -0.439 e. The molecule has 1 aliphatic heterocycles. The Bertz CT molecular complexity index is 802. The molecular weight excluding hydrogens is 430 g/mol. The first-order valence-corrected chi connectivity index (χ1v) is 8.61. The maximum atomic E-state index is 12.7. The van der Waals surface area contributed by atoms with Crippen LogP contribution in [0, 0.1) is 0 Å². The lowest BCUT2D eigenvalue weighted by molar-refractivity contribution is -0.137. The topological polar surface area (TPSA) is 54.5 Å². The van der Waals surface area contributed by atoms with Crippen molar-refractivity contribution in [3.8, 4) is 11.6 Å². The van der Waals surface area contributed by atoms with E-state index >= 15 is 0 Å². The highest BCUT2D eigenvalue weighted by Gasteiger charge is 2.31. The highest BCUT2D eigenvalue weighted by Crippen LogP contribution is 2.30. The molecule has 1 amide bonds. The smallest absolute Gasteiger partial charge is 0.417 e. The van der Waals surface area contributed by atoms with Gasteiger partial charge in [0.05, 0.1) is 5.56 Å². The van der Waals surface area contributed by atoms with Gasteiger partial charge in [0.25, 0.3) is 5.91 Å². The molecule has 29 heavy (non-hydrogen) atoms. The van der Waals surface area contributed by atoms with Crippen molar-refractivity contribution in [3.63, 3.8) is 0 Å². The Morgan fingerprint density at radius 1 is 1.14 bits per heavy atom. The maximum absolute atomic E-state index is 12.7. The van der Waals surface area contributed by atoms with Gasteiger partial charge in [-0.25, -0.2) is 4.98 Å². The summed E-state index contributed by atoms with van der Waals surface area (Å²) in [4.78, 5) is 18.2. The lowest BCUT2D eigenvalue weighted by Gasteiger charge is -2.38. The molecule has 0 saturated carbocycles. The monoisotopic (exact) mass is 451 g/mol. The van der Waals surface area contributed by atoms with Crippen molar-refractivity contribution in [2.75, 3.05) is 13.1 Å². The molecule has 10 heteroatoms. The molecule has 3 rings (SSSR count). The molecule has 2 heterocycles. The maximum Gasteiger partial charge on any atom is 0.417 e. The van der Waals surface area contributed by atoms with Crippen LogP contribution in [0.4, 0.5) is 13.2 Å². The van der Waals surface area contributed by atoms with E-state index in [-0.39, 0.29) is 48.7 Å². The number of rotatable bonds is 3. The van der Waals surface area contributed by atoms with Crippen LogP contribution in [-0.2, 0) is 6.18 Å². The second-order valence-corrected chi connectivity index (χ2v) is 6.49. The number of halogens is 5. The molecule has 0 aliphatic carbocycles. The molecule has 160 valence electrons. The van der Waals surface area contributed by atoms with E-state index in [1.54, 1.807) is 24.3 Å². The van der Waals surface area contributed by atoms with E-state index in [1.807, 2.05) is 18.7 Å². The number of aromatic nitrogens is 1. The zero-order valence-electron chi connectivity index (χ0n) is 15.8. The van der Waals surface area contributed by atoms with Crippen LogP contribution in [-0.4, -0.2) is 41.0 Å². The summed E-state index contributed by atoms with van der Waals surface area (Å²) >= 11 is 0. The zero-order valence-corrected chi connectivity index (χ0v) is 17.4. The largest absolute Gasteiger partial charge is 0.439 e. The first kappa shape index (κ1) is 25.0. The predicted octanol–water partition coefficient (Wildman–Crippen LogP) is 4.56. The number of nitrogens with one attached hydrogen (secondary N) is 1. The van der Waals surface area contributed by atoms with Gasteiger partial charge in [-0.1, -0.05) is 0 Å². The summed E-state index contributed by atoms with van der Waals surface area (Å²) in [5, 5.41) is 3.33. The molecule has 5 nitrogen and oxygen atoms in total. The summed E-state index contributed by atoms with van der Waals surface area (Å²) < 4.78 is 43.1. The van der Waals surface area contributed by atoms with Gasteiger partial charge in [-0.15, -0.1) is 24.8 Å². The van der Waals surface area contributed by atoms with Gasteiger partial charge >= 0.3 is 6.18 Å². The van der Waals surface area contributed by atoms with Gasteiger partial charge < -0.3 is 15.0 Å². The van der Waals surface area contributed by atoms with Crippen LogP contribution < -0.4 is 10.1 Å². The fraction of sp³-hybridized carbons (Fsp3) is 0.368. The molecule has 1 aromatic heterocycles. The number of hydrogen-bond acceptors (Lipinski definition) is 4. The van der Waals surface area contributed by atoms with E-state index < -0.39 is 11.7 Å². The average Bonchev–Trinajstić information content (AvgIpc) is 2.64. The quantitative estimate of drug-likeness (QED) is 0.742. The number of benzene rings is 1. The number of carbonyl (C=O) groups is 1. The third-order valence-electron chi connectivity index (χ3n) is 4.68. The first-order chi connectivity index (χ1) is 12.8. The number of pyridine rings is 1. The normalized spacial score (nSPS) is 19.0. The van der Waals surface area contributed by atoms with E-state index in [9.17, 15) is 18.0 Å². The van der Waals surface area contributed by atoms with Gasteiger partial charge in [0.1, 0.15) is 5.75 Å². The van der Waals surface area contributed by atoms with Gasteiger partial charge in [0.15, 0.2) is 0 Å². The zero-order chi connectivity index (χ0) is 19.6. The molecular formula is C19H22Cl2F3N3O2. The molecule has 0 bridgehead atoms. The van der Waals surface area contributed by atoms with Crippen LogP contribution in [0.25, 0.3) is 0 Å². The summed E-state index contributed by atoms with van der Waals surface area (Å²) in [7, 11) is 0. The number of hydrogen-bond donors (Lipinski definition) is 1. The molecule has 1 aromatic carbocycles. The van der Waals surface area contributed by atoms with Crippen molar-refractivity contribution in [1.82, 2.24) is 15.2 Å². The lowest BCUT2D eigenvalue weighted by Crippen LogP contribution is -2.57. The number of ether oxygens (including phenoxy) is 1. The Hall–Kier alpha value is -2.03. The Kier molecular flexibility index (Phi) is 8.74. The van der Waals surface area contributed by atoms with E-state index in [0.717, 1.165) is 24.9 Å². The van der Waals surface area contributed by atoms with Crippen LogP contribution in [0.1, 0.15) is 29.8 Å². The molecule has 1 N–H and O–H groups in total. The molecule has 0 spiro atoms. The fourth-order valence-corrected chi connectivity index (χ4v) is 2.90. The number of nitrogens with zero attached hydrogens (tertiary/aromatic N) is 2. The summed E-state index contributed by atoms with van der Waals surface area (Å²) in [5.74, 6) is 0.377. The van der Waals surface area contributed by atoms with E-state index in [4.69, 9.17) is 4.74 Å². The van der Waals surface area contributed by atoms with Crippen molar-refractivity contribution in [3.05, 3.63) is 53.7 Å². The van der Waals surface area contributed by atoms with E-state index in [2.05, 4.69) is 10.3 Å². The highest BCUT2D eigenvalue weighted by molar-refractivity contribution is 5.94. The van der Waals surface area contributed by atoms with Gasteiger partial charge in [-0.05, 0) is 44.2 Å². The SMILES string of the molecule is CC1NCCN(C(=O)c2ccc(Oc3ccc(C(F)(F)F)cn3)cc2)C1C.Cl.Cl. The molecule has 2 atom stereocenters.